The molecule has 1 aromatic heterocycles. The first-order chi connectivity index (χ1) is 9.16. The van der Waals surface area contributed by atoms with Crippen molar-refractivity contribution in [3.05, 3.63) is 30.1 Å². The molecule has 19 heavy (non-hydrogen) atoms. The summed E-state index contributed by atoms with van der Waals surface area (Å²) in [5.74, 6) is -1.17. The highest BCUT2D eigenvalue weighted by molar-refractivity contribution is 5.99. The van der Waals surface area contributed by atoms with Gasteiger partial charge in [0.25, 0.3) is 5.91 Å². The van der Waals surface area contributed by atoms with Gasteiger partial charge < -0.3 is 15.0 Å². The average molecular weight is 259 g/mol. The number of hydrogen-bond acceptors (Lipinski definition) is 3. The first-order valence-corrected chi connectivity index (χ1v) is 6.14. The van der Waals surface area contributed by atoms with E-state index >= 15 is 0 Å². The van der Waals surface area contributed by atoms with Gasteiger partial charge in [0.2, 0.25) is 0 Å². The van der Waals surface area contributed by atoms with Crippen LogP contribution in [0.2, 0.25) is 0 Å². The van der Waals surface area contributed by atoms with Gasteiger partial charge in [-0.2, -0.15) is 0 Å². The molecule has 0 radical (unpaired) electrons. The zero-order valence-corrected chi connectivity index (χ0v) is 10.2. The largest absolute Gasteiger partial charge is 0.480 e. The molecule has 0 saturated carbocycles. The minimum absolute atomic E-state index is 0.235. The number of nitrogens with one attached hydrogen (secondary N) is 1. The molecule has 2 N–H and O–H groups in total. The monoisotopic (exact) mass is 259 g/mol. The van der Waals surface area contributed by atoms with Crippen LogP contribution in [-0.2, 0) is 4.79 Å². The van der Waals surface area contributed by atoms with Crippen LogP contribution in [0.5, 0.6) is 0 Å². The number of carbonyl (C=O) groups excluding carboxylic acids is 1. The third kappa shape index (κ3) is 1.95. The minimum atomic E-state index is -0.937. The Kier molecular flexibility index (Phi) is 2.70. The molecule has 1 aromatic carbocycles. The van der Waals surface area contributed by atoms with Gasteiger partial charge in [-0.05, 0) is 31.0 Å². The number of carboxylic acids is 1. The number of hydrogen-bond donors (Lipinski definition) is 2. The quantitative estimate of drug-likeness (QED) is 0.849. The molecule has 6 nitrogen and oxygen atoms in total. The molecule has 1 amide bonds. The van der Waals surface area contributed by atoms with E-state index in [2.05, 4.69) is 9.97 Å². The Labute approximate surface area is 109 Å². The summed E-state index contributed by atoms with van der Waals surface area (Å²) in [6.45, 7) is 0.497. The molecule has 0 unspecified atom stereocenters. The number of rotatable bonds is 2. The van der Waals surface area contributed by atoms with Crippen molar-refractivity contribution < 1.29 is 14.7 Å². The van der Waals surface area contributed by atoms with E-state index in [0.717, 1.165) is 17.5 Å². The number of nitrogens with zero attached hydrogens (tertiary/aromatic N) is 2. The number of H-pyrrole nitrogens is 1. The van der Waals surface area contributed by atoms with Gasteiger partial charge in [0, 0.05) is 12.1 Å². The number of carboxylic acid groups (broad SMARTS) is 1. The highest BCUT2D eigenvalue weighted by Gasteiger charge is 2.34. The van der Waals surface area contributed by atoms with Crippen molar-refractivity contribution in [2.45, 2.75) is 18.9 Å². The Morgan fingerprint density at radius 3 is 3.05 bits per heavy atom. The van der Waals surface area contributed by atoms with Crippen molar-refractivity contribution in [3.63, 3.8) is 0 Å². The first-order valence-electron chi connectivity index (χ1n) is 6.14. The fraction of sp³-hybridized carbons (Fsp3) is 0.308. The number of likely N-dealkylation sites (tertiary alicyclic amines) is 1. The van der Waals surface area contributed by atoms with Gasteiger partial charge in [-0.25, -0.2) is 9.78 Å². The summed E-state index contributed by atoms with van der Waals surface area (Å²) in [6, 6.07) is 4.44. The number of imidazole rings is 1. The van der Waals surface area contributed by atoms with Crippen molar-refractivity contribution in [3.8, 4) is 0 Å². The second kappa shape index (κ2) is 4.38. The Morgan fingerprint density at radius 2 is 2.26 bits per heavy atom. The SMILES string of the molecule is O=C(O)[C@H]1CCCN1C(=O)c1ccc2nc[nH]c2c1. The number of aliphatic carboxylic acids is 1. The third-order valence-corrected chi connectivity index (χ3v) is 3.47. The molecule has 98 valence electrons. The summed E-state index contributed by atoms with van der Waals surface area (Å²) in [5.41, 5.74) is 2.05. The van der Waals surface area contributed by atoms with E-state index in [0.29, 0.717) is 18.5 Å². The lowest BCUT2D eigenvalue weighted by molar-refractivity contribution is -0.141. The molecule has 0 bridgehead atoms. The average Bonchev–Trinajstić information content (AvgIpc) is 3.05. The lowest BCUT2D eigenvalue weighted by atomic mass is 10.1. The minimum Gasteiger partial charge on any atom is -0.480 e. The van der Waals surface area contributed by atoms with Crippen molar-refractivity contribution >= 4 is 22.9 Å². The summed E-state index contributed by atoms with van der Waals surface area (Å²) in [4.78, 5) is 31.9. The molecule has 2 heterocycles. The smallest absolute Gasteiger partial charge is 0.326 e. The van der Waals surface area contributed by atoms with Crippen molar-refractivity contribution in [1.29, 1.82) is 0 Å². The first kappa shape index (κ1) is 11.7. The van der Waals surface area contributed by atoms with Crippen LogP contribution in [-0.4, -0.2) is 44.4 Å². The Morgan fingerprint density at radius 1 is 1.42 bits per heavy atom. The molecule has 6 heteroatoms. The van der Waals surface area contributed by atoms with Gasteiger partial charge in [-0.3, -0.25) is 4.79 Å². The van der Waals surface area contributed by atoms with E-state index in [1.807, 2.05) is 0 Å². The predicted molar refractivity (Wildman–Crippen MR) is 67.8 cm³/mol. The van der Waals surface area contributed by atoms with Crippen LogP contribution in [0.4, 0.5) is 0 Å². The molecule has 1 saturated heterocycles. The number of carbonyl (C=O) groups is 2. The molecule has 1 aliphatic heterocycles. The normalized spacial score (nSPS) is 18.9. The molecule has 3 rings (SSSR count). The maximum atomic E-state index is 12.4. The summed E-state index contributed by atoms with van der Waals surface area (Å²) >= 11 is 0. The van der Waals surface area contributed by atoms with Crippen LogP contribution in [0.3, 0.4) is 0 Å². The molecule has 1 aliphatic rings. The fourth-order valence-electron chi connectivity index (χ4n) is 2.50. The Bertz CT molecular complexity index is 649. The molecule has 0 aliphatic carbocycles. The maximum Gasteiger partial charge on any atom is 0.326 e. The number of aromatic nitrogens is 2. The van der Waals surface area contributed by atoms with E-state index in [-0.39, 0.29) is 5.91 Å². The zero-order chi connectivity index (χ0) is 13.4. The van der Waals surface area contributed by atoms with Crippen molar-refractivity contribution in [1.82, 2.24) is 14.9 Å². The summed E-state index contributed by atoms with van der Waals surface area (Å²) in [7, 11) is 0. The third-order valence-electron chi connectivity index (χ3n) is 3.47. The zero-order valence-electron chi connectivity index (χ0n) is 10.2. The van der Waals surface area contributed by atoms with E-state index in [1.54, 1.807) is 24.5 Å². The lowest BCUT2D eigenvalue weighted by Gasteiger charge is -2.21. The molecular weight excluding hydrogens is 246 g/mol. The van der Waals surface area contributed by atoms with E-state index in [4.69, 9.17) is 5.11 Å². The predicted octanol–water partition coefficient (Wildman–Crippen LogP) is 1.25. The number of fused-ring (bicyclic) bond motifs is 1. The van der Waals surface area contributed by atoms with Gasteiger partial charge in [0.1, 0.15) is 6.04 Å². The van der Waals surface area contributed by atoms with Gasteiger partial charge in [-0.1, -0.05) is 0 Å². The van der Waals surface area contributed by atoms with Crippen LogP contribution < -0.4 is 0 Å². The number of benzene rings is 1. The molecule has 1 atom stereocenters. The van der Waals surface area contributed by atoms with E-state index in [9.17, 15) is 9.59 Å². The van der Waals surface area contributed by atoms with E-state index in [1.165, 1.54) is 4.90 Å². The summed E-state index contributed by atoms with van der Waals surface area (Å²) < 4.78 is 0. The van der Waals surface area contributed by atoms with Crippen LogP contribution in [0.25, 0.3) is 11.0 Å². The van der Waals surface area contributed by atoms with Gasteiger partial charge in [0.15, 0.2) is 0 Å². The standard InChI is InChI=1S/C13H13N3O3/c17-12(16-5-1-2-11(16)13(18)19)8-3-4-9-10(6-8)15-7-14-9/h3-4,6-7,11H,1-2,5H2,(H,14,15)(H,18,19)/t11-/m1/s1. The number of aromatic amines is 1. The molecule has 1 fully saturated rings. The maximum absolute atomic E-state index is 12.4. The summed E-state index contributed by atoms with van der Waals surface area (Å²) in [5, 5.41) is 9.11. The lowest BCUT2D eigenvalue weighted by Crippen LogP contribution is -2.40. The second-order valence-electron chi connectivity index (χ2n) is 4.63. The highest BCUT2D eigenvalue weighted by Crippen LogP contribution is 2.21. The van der Waals surface area contributed by atoms with Crippen LogP contribution in [0.15, 0.2) is 24.5 Å². The highest BCUT2D eigenvalue weighted by atomic mass is 16.4. The molecule has 0 spiro atoms. The fourth-order valence-corrected chi connectivity index (χ4v) is 2.50. The van der Waals surface area contributed by atoms with Crippen molar-refractivity contribution in [2.24, 2.45) is 0 Å². The van der Waals surface area contributed by atoms with Crippen LogP contribution >= 0.6 is 0 Å². The van der Waals surface area contributed by atoms with Gasteiger partial charge in [0.05, 0.1) is 17.4 Å². The van der Waals surface area contributed by atoms with E-state index < -0.39 is 12.0 Å². The van der Waals surface area contributed by atoms with Crippen molar-refractivity contribution in [2.75, 3.05) is 6.54 Å². The van der Waals surface area contributed by atoms with Crippen LogP contribution in [0, 0.1) is 0 Å². The Hall–Kier alpha value is -2.37. The molecular formula is C13H13N3O3. The second-order valence-corrected chi connectivity index (χ2v) is 4.63. The van der Waals surface area contributed by atoms with Crippen LogP contribution in [0.1, 0.15) is 23.2 Å². The topological polar surface area (TPSA) is 86.3 Å². The summed E-state index contributed by atoms with van der Waals surface area (Å²) in [6.07, 6.45) is 2.82. The molecule has 2 aromatic rings. The Balaban J connectivity index is 1.92. The number of amides is 1. The van der Waals surface area contributed by atoms with Gasteiger partial charge in [-0.15, -0.1) is 0 Å². The van der Waals surface area contributed by atoms with Gasteiger partial charge >= 0.3 is 5.97 Å².